The first-order valence-corrected chi connectivity index (χ1v) is 8.09. The fraction of sp³-hybridized carbons (Fsp3) is 0.250. The van der Waals surface area contributed by atoms with Crippen LogP contribution in [0.25, 0.3) is 0 Å². The maximum Gasteiger partial charge on any atom is 0.243 e. The standard InChI is InChI=1S/C20H21N3O2/c1-15-8-10-17(11-9-15)23(13-5-12-21)14-20(25)22-19-7-4-3-6-18(19)16(2)24/h3-4,6-11H,5,13-14H2,1-2H3,(H,22,25). The molecular weight excluding hydrogens is 314 g/mol. The first kappa shape index (κ1) is 18.2. The van der Waals surface area contributed by atoms with E-state index in [9.17, 15) is 9.59 Å². The summed E-state index contributed by atoms with van der Waals surface area (Å²) in [6.07, 6.45) is 0.325. The number of amides is 1. The molecule has 0 saturated carbocycles. The SMILES string of the molecule is CC(=O)c1ccccc1NC(=O)CN(CCC#N)c1ccc(C)cc1. The molecule has 0 aliphatic heterocycles. The van der Waals surface area contributed by atoms with Crippen LogP contribution in [0.4, 0.5) is 11.4 Å². The Morgan fingerprint density at radius 1 is 1.12 bits per heavy atom. The van der Waals surface area contributed by atoms with Gasteiger partial charge < -0.3 is 10.2 Å². The van der Waals surface area contributed by atoms with Crippen molar-refractivity contribution in [3.63, 3.8) is 0 Å². The average Bonchev–Trinajstić information content (AvgIpc) is 2.59. The molecule has 0 saturated heterocycles. The topological polar surface area (TPSA) is 73.2 Å². The maximum absolute atomic E-state index is 12.5. The molecule has 1 N–H and O–H groups in total. The summed E-state index contributed by atoms with van der Waals surface area (Å²) >= 11 is 0. The molecule has 2 aromatic rings. The van der Waals surface area contributed by atoms with Crippen molar-refractivity contribution in [2.45, 2.75) is 20.3 Å². The molecule has 128 valence electrons. The fourth-order valence-electron chi connectivity index (χ4n) is 2.50. The Morgan fingerprint density at radius 2 is 1.80 bits per heavy atom. The summed E-state index contributed by atoms with van der Waals surface area (Å²) in [6, 6.07) is 16.8. The van der Waals surface area contributed by atoms with Crippen LogP contribution < -0.4 is 10.2 Å². The number of nitrogens with zero attached hydrogens (tertiary/aromatic N) is 2. The first-order valence-electron chi connectivity index (χ1n) is 8.09. The number of hydrogen-bond acceptors (Lipinski definition) is 4. The number of carbonyl (C=O) groups excluding carboxylic acids is 2. The average molecular weight is 335 g/mol. The van der Waals surface area contributed by atoms with Crippen LogP contribution in [-0.2, 0) is 4.79 Å². The third kappa shape index (κ3) is 5.18. The Morgan fingerprint density at radius 3 is 2.44 bits per heavy atom. The minimum atomic E-state index is -0.229. The van der Waals surface area contributed by atoms with Crippen LogP contribution in [-0.4, -0.2) is 24.8 Å². The summed E-state index contributed by atoms with van der Waals surface area (Å²) in [4.78, 5) is 26.0. The normalized spacial score (nSPS) is 9.96. The Balaban J connectivity index is 2.13. The molecule has 1 amide bonds. The van der Waals surface area contributed by atoms with E-state index in [1.165, 1.54) is 6.92 Å². The molecule has 0 fully saturated rings. The van der Waals surface area contributed by atoms with Gasteiger partial charge in [-0.3, -0.25) is 9.59 Å². The number of nitriles is 1. The maximum atomic E-state index is 12.5. The third-order valence-electron chi connectivity index (χ3n) is 3.81. The van der Waals surface area contributed by atoms with E-state index in [0.717, 1.165) is 11.3 Å². The summed E-state index contributed by atoms with van der Waals surface area (Å²) in [5, 5.41) is 11.7. The second-order valence-electron chi connectivity index (χ2n) is 5.82. The zero-order valence-corrected chi connectivity index (χ0v) is 14.5. The van der Waals surface area contributed by atoms with Crippen LogP contribution in [0.1, 0.15) is 29.3 Å². The van der Waals surface area contributed by atoms with E-state index in [4.69, 9.17) is 5.26 Å². The summed E-state index contributed by atoms with van der Waals surface area (Å²) in [5.74, 6) is -0.331. The molecular formula is C20H21N3O2. The van der Waals surface area contributed by atoms with Crippen LogP contribution >= 0.6 is 0 Å². The third-order valence-corrected chi connectivity index (χ3v) is 3.81. The highest BCUT2D eigenvalue weighted by Crippen LogP contribution is 2.18. The van der Waals surface area contributed by atoms with Gasteiger partial charge in [-0.2, -0.15) is 5.26 Å². The van der Waals surface area contributed by atoms with Crippen molar-refractivity contribution >= 4 is 23.1 Å². The number of carbonyl (C=O) groups is 2. The fourth-order valence-corrected chi connectivity index (χ4v) is 2.50. The van der Waals surface area contributed by atoms with Crippen molar-refractivity contribution in [1.82, 2.24) is 0 Å². The van der Waals surface area contributed by atoms with E-state index in [1.807, 2.05) is 36.1 Å². The van der Waals surface area contributed by atoms with Gasteiger partial charge >= 0.3 is 0 Å². The van der Waals surface area contributed by atoms with Crippen LogP contribution in [0.3, 0.4) is 0 Å². The van der Waals surface area contributed by atoms with E-state index < -0.39 is 0 Å². The van der Waals surface area contributed by atoms with Crippen molar-refractivity contribution in [2.75, 3.05) is 23.3 Å². The molecule has 2 aromatic carbocycles. The van der Waals surface area contributed by atoms with Crippen LogP contribution in [0.2, 0.25) is 0 Å². The minimum absolute atomic E-state index is 0.101. The van der Waals surface area contributed by atoms with Gasteiger partial charge in [0, 0.05) is 17.8 Å². The highest BCUT2D eigenvalue weighted by molar-refractivity contribution is 6.04. The number of hydrogen-bond donors (Lipinski definition) is 1. The Bertz CT molecular complexity index is 791. The number of nitrogens with one attached hydrogen (secondary N) is 1. The van der Waals surface area contributed by atoms with Gasteiger partial charge in [-0.05, 0) is 38.1 Å². The van der Waals surface area contributed by atoms with Crippen molar-refractivity contribution in [3.8, 4) is 6.07 Å². The quantitative estimate of drug-likeness (QED) is 0.785. The number of aryl methyl sites for hydroxylation is 1. The summed E-state index contributed by atoms with van der Waals surface area (Å²) in [6.45, 7) is 4.03. The van der Waals surface area contributed by atoms with Crippen LogP contribution in [0.15, 0.2) is 48.5 Å². The van der Waals surface area contributed by atoms with E-state index in [0.29, 0.717) is 24.2 Å². The largest absolute Gasteiger partial charge is 0.361 e. The van der Waals surface area contributed by atoms with Gasteiger partial charge in [0.2, 0.25) is 5.91 Å². The zero-order valence-electron chi connectivity index (χ0n) is 14.5. The van der Waals surface area contributed by atoms with Crippen molar-refractivity contribution in [1.29, 1.82) is 5.26 Å². The second kappa shape index (κ2) is 8.65. The second-order valence-corrected chi connectivity index (χ2v) is 5.82. The first-order chi connectivity index (χ1) is 12.0. The van der Waals surface area contributed by atoms with E-state index in [-0.39, 0.29) is 18.2 Å². The van der Waals surface area contributed by atoms with Crippen LogP contribution in [0.5, 0.6) is 0 Å². The number of rotatable bonds is 7. The summed E-state index contributed by atoms with van der Waals surface area (Å²) < 4.78 is 0. The predicted molar refractivity (Wildman–Crippen MR) is 98.7 cm³/mol. The van der Waals surface area contributed by atoms with Gasteiger partial charge in [0.25, 0.3) is 0 Å². The molecule has 0 unspecified atom stereocenters. The molecule has 25 heavy (non-hydrogen) atoms. The van der Waals surface area contributed by atoms with Gasteiger partial charge in [-0.1, -0.05) is 29.8 Å². The molecule has 0 aromatic heterocycles. The molecule has 0 heterocycles. The molecule has 0 radical (unpaired) electrons. The molecule has 5 heteroatoms. The Kier molecular flexibility index (Phi) is 6.30. The lowest BCUT2D eigenvalue weighted by molar-refractivity contribution is -0.115. The van der Waals surface area contributed by atoms with Crippen molar-refractivity contribution in [2.24, 2.45) is 0 Å². The van der Waals surface area contributed by atoms with Gasteiger partial charge in [0.15, 0.2) is 5.78 Å². The number of anilines is 2. The summed E-state index contributed by atoms with van der Waals surface area (Å²) in [5.41, 5.74) is 3.00. The zero-order chi connectivity index (χ0) is 18.2. The van der Waals surface area contributed by atoms with Gasteiger partial charge in [0.05, 0.1) is 24.7 Å². The van der Waals surface area contributed by atoms with E-state index in [2.05, 4.69) is 11.4 Å². The highest BCUT2D eigenvalue weighted by atomic mass is 16.2. The van der Waals surface area contributed by atoms with Crippen molar-refractivity contribution in [3.05, 3.63) is 59.7 Å². The number of Topliss-reactive ketones (excluding diaryl/α,β-unsaturated/α-hetero) is 1. The molecule has 2 rings (SSSR count). The molecule has 0 aliphatic carbocycles. The number of benzene rings is 2. The highest BCUT2D eigenvalue weighted by Gasteiger charge is 2.14. The molecule has 0 atom stereocenters. The molecule has 0 bridgehead atoms. The van der Waals surface area contributed by atoms with E-state index in [1.54, 1.807) is 24.3 Å². The monoisotopic (exact) mass is 335 g/mol. The lowest BCUT2D eigenvalue weighted by Gasteiger charge is -2.23. The Hall–Kier alpha value is -3.13. The number of para-hydroxylation sites is 1. The molecule has 0 aliphatic rings. The Labute approximate surface area is 147 Å². The lowest BCUT2D eigenvalue weighted by atomic mass is 10.1. The number of ketones is 1. The predicted octanol–water partition coefficient (Wildman–Crippen LogP) is 3.56. The molecule has 5 nitrogen and oxygen atoms in total. The van der Waals surface area contributed by atoms with Crippen molar-refractivity contribution < 1.29 is 9.59 Å². The van der Waals surface area contributed by atoms with E-state index >= 15 is 0 Å². The minimum Gasteiger partial charge on any atom is -0.361 e. The van der Waals surface area contributed by atoms with Crippen LogP contribution in [0, 0.1) is 18.3 Å². The van der Waals surface area contributed by atoms with Gasteiger partial charge in [-0.15, -0.1) is 0 Å². The smallest absolute Gasteiger partial charge is 0.243 e. The van der Waals surface area contributed by atoms with Gasteiger partial charge in [-0.25, -0.2) is 0 Å². The molecule has 0 spiro atoms. The van der Waals surface area contributed by atoms with Gasteiger partial charge in [0.1, 0.15) is 0 Å². The lowest BCUT2D eigenvalue weighted by Crippen LogP contribution is -2.34. The summed E-state index contributed by atoms with van der Waals surface area (Å²) in [7, 11) is 0.